The van der Waals surface area contributed by atoms with Crippen LogP contribution in [0.15, 0.2) is 18.5 Å². The van der Waals surface area contributed by atoms with Crippen molar-refractivity contribution >= 4 is 11.6 Å². The number of nitrogens with one attached hydrogen (secondary N) is 1. The lowest BCUT2D eigenvalue weighted by atomic mass is 9.99. The first-order chi connectivity index (χ1) is 10.8. The first-order valence-electron chi connectivity index (χ1n) is 8.25. The van der Waals surface area contributed by atoms with Crippen molar-refractivity contribution in [2.24, 2.45) is 0 Å². The van der Waals surface area contributed by atoms with Crippen molar-refractivity contribution in [1.29, 1.82) is 0 Å². The molecule has 5 nitrogen and oxygen atoms in total. The summed E-state index contributed by atoms with van der Waals surface area (Å²) in [6, 6.07) is 2.53. The average molecular weight is 305 g/mol. The topological polar surface area (TPSA) is 54.5 Å². The van der Waals surface area contributed by atoms with Gasteiger partial charge in [-0.15, -0.1) is 0 Å². The van der Waals surface area contributed by atoms with E-state index < -0.39 is 0 Å². The molecule has 1 unspecified atom stereocenters. The van der Waals surface area contributed by atoms with Gasteiger partial charge in [0.25, 0.3) is 5.91 Å². The van der Waals surface area contributed by atoms with Crippen molar-refractivity contribution in [3.05, 3.63) is 24.0 Å². The summed E-state index contributed by atoms with van der Waals surface area (Å²) in [4.78, 5) is 18.9. The lowest BCUT2D eigenvalue weighted by Crippen LogP contribution is -2.39. The molecule has 122 valence electrons. The predicted molar refractivity (Wildman–Crippen MR) is 88.3 cm³/mol. The Balaban J connectivity index is 2.01. The first-order valence-corrected chi connectivity index (χ1v) is 8.25. The summed E-state index contributed by atoms with van der Waals surface area (Å²) in [7, 11) is 1.66. The molecule has 1 N–H and O–H groups in total. The van der Waals surface area contributed by atoms with Crippen molar-refractivity contribution in [2.75, 3.05) is 31.7 Å². The summed E-state index contributed by atoms with van der Waals surface area (Å²) in [5.41, 5.74) is 1.70. The van der Waals surface area contributed by atoms with E-state index in [1.54, 1.807) is 13.3 Å². The molecule has 1 saturated heterocycles. The summed E-state index contributed by atoms with van der Waals surface area (Å²) in [5, 5.41) is 2.91. The number of hydrogen-bond acceptors (Lipinski definition) is 4. The average Bonchev–Trinajstić information content (AvgIpc) is 2.58. The zero-order valence-corrected chi connectivity index (χ0v) is 13.7. The number of carbonyl (C=O) groups excluding carboxylic acids is 1. The van der Waals surface area contributed by atoms with E-state index in [1.165, 1.54) is 19.3 Å². The molecule has 1 aliphatic heterocycles. The van der Waals surface area contributed by atoms with Crippen LogP contribution in [0.2, 0.25) is 0 Å². The monoisotopic (exact) mass is 305 g/mol. The molecule has 2 rings (SSSR count). The third-order valence-electron chi connectivity index (χ3n) is 4.23. The minimum absolute atomic E-state index is 0.0597. The molecule has 1 aliphatic rings. The van der Waals surface area contributed by atoms with Gasteiger partial charge in [0, 0.05) is 39.0 Å². The van der Waals surface area contributed by atoms with Gasteiger partial charge in [0.2, 0.25) is 0 Å². The van der Waals surface area contributed by atoms with Crippen LogP contribution in [0.5, 0.6) is 0 Å². The summed E-state index contributed by atoms with van der Waals surface area (Å²) < 4.78 is 4.98. The van der Waals surface area contributed by atoms with Gasteiger partial charge in [-0.3, -0.25) is 9.78 Å². The molecule has 1 aromatic rings. The number of nitrogens with zero attached hydrogens (tertiary/aromatic N) is 2. The fourth-order valence-corrected chi connectivity index (χ4v) is 2.99. The van der Waals surface area contributed by atoms with E-state index in [0.29, 0.717) is 24.8 Å². The largest absolute Gasteiger partial charge is 0.385 e. The Morgan fingerprint density at radius 3 is 3.09 bits per heavy atom. The van der Waals surface area contributed by atoms with Crippen LogP contribution in [-0.4, -0.2) is 43.7 Å². The molecule has 0 aromatic carbocycles. The van der Waals surface area contributed by atoms with Gasteiger partial charge in [-0.25, -0.2) is 0 Å². The predicted octanol–water partition coefficient (Wildman–Crippen LogP) is 2.62. The van der Waals surface area contributed by atoms with E-state index in [-0.39, 0.29) is 5.91 Å². The van der Waals surface area contributed by atoms with Gasteiger partial charge in [0.15, 0.2) is 0 Å². The number of hydrogen-bond donors (Lipinski definition) is 1. The third-order valence-corrected chi connectivity index (χ3v) is 4.23. The Hall–Kier alpha value is -1.62. The number of pyridine rings is 1. The molecule has 0 spiro atoms. The maximum absolute atomic E-state index is 12.2. The Morgan fingerprint density at radius 1 is 1.45 bits per heavy atom. The van der Waals surface area contributed by atoms with Crippen LogP contribution in [-0.2, 0) is 4.74 Å². The Morgan fingerprint density at radius 2 is 2.32 bits per heavy atom. The molecule has 1 atom stereocenters. The summed E-state index contributed by atoms with van der Waals surface area (Å²) >= 11 is 0. The minimum Gasteiger partial charge on any atom is -0.385 e. The highest BCUT2D eigenvalue weighted by molar-refractivity contribution is 5.94. The molecular formula is C17H27N3O2. The molecule has 1 amide bonds. The normalized spacial score (nSPS) is 18.3. The molecule has 2 heterocycles. The van der Waals surface area contributed by atoms with Gasteiger partial charge in [-0.1, -0.05) is 6.92 Å². The van der Waals surface area contributed by atoms with Crippen LogP contribution in [0.4, 0.5) is 5.69 Å². The molecule has 0 radical (unpaired) electrons. The maximum Gasteiger partial charge on any atom is 0.252 e. The highest BCUT2D eigenvalue weighted by Crippen LogP contribution is 2.26. The molecule has 0 saturated carbocycles. The zero-order valence-electron chi connectivity index (χ0n) is 13.7. The van der Waals surface area contributed by atoms with Crippen LogP contribution < -0.4 is 10.2 Å². The maximum atomic E-state index is 12.2. The second kappa shape index (κ2) is 8.73. The lowest BCUT2D eigenvalue weighted by molar-refractivity contribution is 0.0948. The lowest BCUT2D eigenvalue weighted by Gasteiger charge is -2.37. The van der Waals surface area contributed by atoms with E-state index >= 15 is 0 Å². The molecule has 22 heavy (non-hydrogen) atoms. The Kier molecular flexibility index (Phi) is 6.65. The molecule has 1 aromatic heterocycles. The van der Waals surface area contributed by atoms with Crippen LogP contribution in [0.1, 0.15) is 49.4 Å². The number of aromatic nitrogens is 1. The summed E-state index contributed by atoms with van der Waals surface area (Å²) in [5.74, 6) is -0.0597. The molecular weight excluding hydrogens is 278 g/mol. The quantitative estimate of drug-likeness (QED) is 0.787. The van der Waals surface area contributed by atoms with Crippen molar-refractivity contribution in [3.63, 3.8) is 0 Å². The van der Waals surface area contributed by atoms with Gasteiger partial charge in [-0.2, -0.15) is 0 Å². The van der Waals surface area contributed by atoms with Gasteiger partial charge in [0.1, 0.15) is 0 Å². The standard InChI is InChI=1S/C17H27N3O2/c1-3-15-7-4-5-9-20(15)16-11-14(12-18-13-16)17(21)19-8-6-10-22-2/h11-13,15H,3-10H2,1-2H3,(H,19,21). The minimum atomic E-state index is -0.0597. The van der Waals surface area contributed by atoms with Crippen molar-refractivity contribution < 1.29 is 9.53 Å². The van der Waals surface area contributed by atoms with E-state index in [2.05, 4.69) is 22.1 Å². The SMILES string of the molecule is CCC1CCCCN1c1cncc(C(=O)NCCCOC)c1. The number of piperidine rings is 1. The van der Waals surface area contributed by atoms with Crippen LogP contribution in [0, 0.1) is 0 Å². The molecule has 1 fully saturated rings. The van der Waals surface area contributed by atoms with Crippen molar-refractivity contribution in [2.45, 2.75) is 45.1 Å². The molecule has 0 bridgehead atoms. The number of amides is 1. The number of anilines is 1. The van der Waals surface area contributed by atoms with Crippen LogP contribution in [0.25, 0.3) is 0 Å². The smallest absolute Gasteiger partial charge is 0.252 e. The van der Waals surface area contributed by atoms with Crippen molar-refractivity contribution in [3.8, 4) is 0 Å². The third kappa shape index (κ3) is 4.44. The number of rotatable bonds is 7. The fraction of sp³-hybridized carbons (Fsp3) is 0.647. The number of ether oxygens (including phenoxy) is 1. The van der Waals surface area contributed by atoms with Gasteiger partial charge in [0.05, 0.1) is 17.4 Å². The summed E-state index contributed by atoms with van der Waals surface area (Å²) in [6.45, 7) is 4.56. The highest BCUT2D eigenvalue weighted by atomic mass is 16.5. The second-order valence-electron chi connectivity index (χ2n) is 5.79. The highest BCUT2D eigenvalue weighted by Gasteiger charge is 2.22. The van der Waals surface area contributed by atoms with E-state index in [0.717, 1.165) is 25.1 Å². The number of methoxy groups -OCH3 is 1. The first kappa shape index (κ1) is 16.7. The van der Waals surface area contributed by atoms with E-state index in [4.69, 9.17) is 4.74 Å². The van der Waals surface area contributed by atoms with Crippen LogP contribution in [0.3, 0.4) is 0 Å². The number of carbonyl (C=O) groups is 1. The Bertz CT molecular complexity index is 479. The van der Waals surface area contributed by atoms with Gasteiger partial charge in [-0.05, 0) is 38.2 Å². The van der Waals surface area contributed by atoms with E-state index in [1.807, 2.05) is 12.3 Å². The Labute approximate surface area is 133 Å². The fourth-order valence-electron chi connectivity index (χ4n) is 2.99. The second-order valence-corrected chi connectivity index (χ2v) is 5.79. The molecule has 5 heteroatoms. The van der Waals surface area contributed by atoms with Crippen LogP contribution >= 0.6 is 0 Å². The van der Waals surface area contributed by atoms with Gasteiger partial charge < -0.3 is 15.0 Å². The molecule has 0 aliphatic carbocycles. The van der Waals surface area contributed by atoms with Gasteiger partial charge >= 0.3 is 0 Å². The van der Waals surface area contributed by atoms with Crippen molar-refractivity contribution in [1.82, 2.24) is 10.3 Å². The zero-order chi connectivity index (χ0) is 15.8. The van der Waals surface area contributed by atoms with E-state index in [9.17, 15) is 4.79 Å². The summed E-state index contributed by atoms with van der Waals surface area (Å²) in [6.07, 6.45) is 9.19.